The monoisotopic (exact) mass is 140 g/mol. The predicted molar refractivity (Wildman–Crippen MR) is 43.4 cm³/mol. The molecular weight excluding hydrogens is 127 g/mol. The van der Waals surface area contributed by atoms with Crippen LogP contribution >= 0.6 is 0 Å². The molecule has 0 saturated heterocycles. The van der Waals surface area contributed by atoms with Gasteiger partial charge in [0.1, 0.15) is 0 Å². The van der Waals surface area contributed by atoms with Crippen LogP contribution in [0.4, 0.5) is 4.39 Å². The zero-order chi connectivity index (χ0) is 7.98. The molecule has 0 aliphatic rings. The lowest BCUT2D eigenvalue weighted by molar-refractivity contribution is 0.640. The zero-order valence-corrected chi connectivity index (χ0v) is 6.69. The summed E-state index contributed by atoms with van der Waals surface area (Å²) in [5, 5.41) is 0. The Kier molecular flexibility index (Phi) is 4.55. The van der Waals surface area contributed by atoms with Crippen LogP contribution in [0.25, 0.3) is 0 Å². The van der Waals surface area contributed by atoms with Crippen LogP contribution in [-0.4, -0.2) is 0 Å². The maximum Gasteiger partial charge on any atom is 0.0968 e. The Balaban J connectivity index is 4.05. The number of halogens is 1. The maximum atomic E-state index is 12.1. The van der Waals surface area contributed by atoms with Crippen molar-refractivity contribution < 1.29 is 4.39 Å². The summed E-state index contributed by atoms with van der Waals surface area (Å²) >= 11 is 0. The average molecular weight is 140 g/mol. The molecule has 10 heavy (non-hydrogen) atoms. The molecule has 0 rings (SSSR count). The topological polar surface area (TPSA) is 0 Å². The Bertz CT molecular complexity index is 169. The van der Waals surface area contributed by atoms with Gasteiger partial charge in [0.05, 0.1) is 5.83 Å². The average Bonchev–Trinajstić information content (AvgIpc) is 1.85. The third-order valence-corrected chi connectivity index (χ3v) is 1.01. The largest absolute Gasteiger partial charge is 0.212 e. The van der Waals surface area contributed by atoms with E-state index in [1.54, 1.807) is 6.08 Å². The lowest BCUT2D eigenvalue weighted by Gasteiger charge is -1.85. The molecule has 0 aromatic carbocycles. The van der Waals surface area contributed by atoms with Crippen molar-refractivity contribution in [1.82, 2.24) is 0 Å². The van der Waals surface area contributed by atoms with Crippen molar-refractivity contribution in [2.45, 2.75) is 20.8 Å². The highest BCUT2D eigenvalue weighted by atomic mass is 19.1. The Morgan fingerprint density at radius 3 is 2.20 bits per heavy atom. The molecule has 0 nitrogen and oxygen atoms in total. The molecule has 0 radical (unpaired) electrons. The molecule has 0 heterocycles. The first-order valence-corrected chi connectivity index (χ1v) is 3.30. The lowest BCUT2D eigenvalue weighted by atomic mass is 10.2. The predicted octanol–water partition coefficient (Wildman–Crippen LogP) is 3.38. The first-order valence-electron chi connectivity index (χ1n) is 3.30. The summed E-state index contributed by atoms with van der Waals surface area (Å²) in [5.74, 6) is -0.163. The lowest BCUT2D eigenvalue weighted by Crippen LogP contribution is -1.65. The van der Waals surface area contributed by atoms with E-state index < -0.39 is 0 Å². The van der Waals surface area contributed by atoms with Crippen LogP contribution in [0.15, 0.2) is 35.7 Å². The molecule has 0 fully saturated rings. The Hall–Kier alpha value is -0.850. The summed E-state index contributed by atoms with van der Waals surface area (Å²) < 4.78 is 12.1. The van der Waals surface area contributed by atoms with Crippen LogP contribution in [-0.2, 0) is 0 Å². The standard InChI is InChI=1S/C9H13F/c1-4-5-8(2)6-7-9(3)10/h4-7H,1-3H3/b5-4-,8-6-,9-7+. The summed E-state index contributed by atoms with van der Waals surface area (Å²) in [4.78, 5) is 0. The molecule has 0 aliphatic heterocycles. The van der Waals surface area contributed by atoms with Crippen molar-refractivity contribution in [2.24, 2.45) is 0 Å². The molecule has 0 bridgehead atoms. The van der Waals surface area contributed by atoms with E-state index in [0.29, 0.717) is 0 Å². The third kappa shape index (κ3) is 5.29. The van der Waals surface area contributed by atoms with Crippen molar-refractivity contribution in [2.75, 3.05) is 0 Å². The fourth-order valence-corrected chi connectivity index (χ4v) is 0.565. The van der Waals surface area contributed by atoms with Crippen LogP contribution in [0.5, 0.6) is 0 Å². The number of hydrogen-bond acceptors (Lipinski definition) is 0. The minimum absolute atomic E-state index is 0.163. The van der Waals surface area contributed by atoms with E-state index in [0.717, 1.165) is 5.57 Å². The van der Waals surface area contributed by atoms with Gasteiger partial charge in [0, 0.05) is 0 Å². The van der Waals surface area contributed by atoms with Gasteiger partial charge >= 0.3 is 0 Å². The van der Waals surface area contributed by atoms with Crippen molar-refractivity contribution in [3.05, 3.63) is 35.7 Å². The van der Waals surface area contributed by atoms with Gasteiger partial charge in [0.25, 0.3) is 0 Å². The van der Waals surface area contributed by atoms with Crippen LogP contribution in [0.2, 0.25) is 0 Å². The zero-order valence-electron chi connectivity index (χ0n) is 6.69. The summed E-state index contributed by atoms with van der Waals surface area (Å²) in [5.41, 5.74) is 1.06. The highest BCUT2D eigenvalue weighted by Crippen LogP contribution is 1.98. The van der Waals surface area contributed by atoms with Gasteiger partial charge in [0.15, 0.2) is 0 Å². The molecule has 1 heteroatoms. The van der Waals surface area contributed by atoms with E-state index in [2.05, 4.69) is 0 Å². The summed E-state index contributed by atoms with van der Waals surface area (Å²) in [7, 11) is 0. The van der Waals surface area contributed by atoms with Crippen LogP contribution in [0, 0.1) is 0 Å². The molecule has 0 atom stereocenters. The van der Waals surface area contributed by atoms with Crippen LogP contribution in [0.1, 0.15) is 20.8 Å². The first-order chi connectivity index (χ1) is 4.66. The molecule has 0 aliphatic carbocycles. The third-order valence-electron chi connectivity index (χ3n) is 1.01. The van der Waals surface area contributed by atoms with Crippen molar-refractivity contribution >= 4 is 0 Å². The Labute approximate surface area is 61.8 Å². The first kappa shape index (κ1) is 9.15. The van der Waals surface area contributed by atoms with E-state index in [9.17, 15) is 4.39 Å². The quantitative estimate of drug-likeness (QED) is 0.516. The molecule has 0 aromatic heterocycles. The normalized spacial score (nSPS) is 14.8. The van der Waals surface area contributed by atoms with Gasteiger partial charge in [0.2, 0.25) is 0 Å². The fourth-order valence-electron chi connectivity index (χ4n) is 0.565. The second-order valence-corrected chi connectivity index (χ2v) is 2.16. The van der Waals surface area contributed by atoms with E-state index in [-0.39, 0.29) is 5.83 Å². The van der Waals surface area contributed by atoms with Gasteiger partial charge in [-0.25, -0.2) is 4.39 Å². The second kappa shape index (κ2) is 4.98. The molecule has 0 spiro atoms. The Morgan fingerprint density at radius 2 is 1.80 bits per heavy atom. The summed E-state index contributed by atoms with van der Waals surface area (Å²) in [6.45, 7) is 5.29. The smallest absolute Gasteiger partial charge is 0.0968 e. The van der Waals surface area contributed by atoms with Crippen molar-refractivity contribution in [1.29, 1.82) is 0 Å². The molecule has 0 unspecified atom stereocenters. The highest BCUT2D eigenvalue weighted by Gasteiger charge is 1.78. The minimum atomic E-state index is -0.163. The second-order valence-electron chi connectivity index (χ2n) is 2.16. The SMILES string of the molecule is C\C=C/C(C)=C\C=C(/C)F. The fraction of sp³-hybridized carbons (Fsp3) is 0.333. The van der Waals surface area contributed by atoms with Crippen molar-refractivity contribution in [3.63, 3.8) is 0 Å². The van der Waals surface area contributed by atoms with Gasteiger partial charge in [-0.3, -0.25) is 0 Å². The van der Waals surface area contributed by atoms with E-state index in [4.69, 9.17) is 0 Å². The molecular formula is C9H13F. The van der Waals surface area contributed by atoms with Gasteiger partial charge in [-0.05, 0) is 26.8 Å². The number of allylic oxidation sites excluding steroid dienone is 6. The molecule has 56 valence electrons. The van der Waals surface area contributed by atoms with E-state index in [1.807, 2.05) is 26.0 Å². The highest BCUT2D eigenvalue weighted by molar-refractivity contribution is 5.21. The summed E-state index contributed by atoms with van der Waals surface area (Å²) in [6.07, 6.45) is 7.05. The number of hydrogen-bond donors (Lipinski definition) is 0. The van der Waals surface area contributed by atoms with E-state index in [1.165, 1.54) is 13.0 Å². The van der Waals surface area contributed by atoms with Gasteiger partial charge in [-0.2, -0.15) is 0 Å². The van der Waals surface area contributed by atoms with Crippen LogP contribution in [0.3, 0.4) is 0 Å². The van der Waals surface area contributed by atoms with Crippen LogP contribution < -0.4 is 0 Å². The molecule has 0 N–H and O–H groups in total. The van der Waals surface area contributed by atoms with Gasteiger partial charge < -0.3 is 0 Å². The molecule has 0 amide bonds. The van der Waals surface area contributed by atoms with Gasteiger partial charge in [-0.15, -0.1) is 0 Å². The summed E-state index contributed by atoms with van der Waals surface area (Å²) in [6, 6.07) is 0. The van der Waals surface area contributed by atoms with E-state index >= 15 is 0 Å². The number of rotatable bonds is 2. The molecule has 0 aromatic rings. The maximum absolute atomic E-state index is 12.1. The minimum Gasteiger partial charge on any atom is -0.212 e. The Morgan fingerprint density at radius 1 is 1.20 bits per heavy atom. The van der Waals surface area contributed by atoms with Crippen molar-refractivity contribution in [3.8, 4) is 0 Å². The van der Waals surface area contributed by atoms with Gasteiger partial charge in [-0.1, -0.05) is 23.8 Å². The molecule has 0 saturated carbocycles.